The summed E-state index contributed by atoms with van der Waals surface area (Å²) in [5, 5.41) is 17.0. The number of anilines is 1. The zero-order valence-electron chi connectivity index (χ0n) is 10.1. The minimum atomic E-state index is -4.76. The summed E-state index contributed by atoms with van der Waals surface area (Å²) in [6.45, 7) is 0.675. The number of halogens is 1. The lowest BCUT2D eigenvalue weighted by atomic mass is 9.94. The van der Waals surface area contributed by atoms with Gasteiger partial charge in [0.05, 0.1) is 0 Å². The Balaban J connectivity index is 2.06. The highest BCUT2D eigenvalue weighted by molar-refractivity contribution is 7.84. The lowest BCUT2D eigenvalue weighted by molar-refractivity contribution is 0.183. The molecule has 2 heterocycles. The van der Waals surface area contributed by atoms with Crippen LogP contribution in [0, 0.1) is 5.92 Å². The van der Waals surface area contributed by atoms with E-state index >= 15 is 0 Å². The summed E-state index contributed by atoms with van der Waals surface area (Å²) in [5.41, 5.74) is 0. The van der Waals surface area contributed by atoms with Crippen molar-refractivity contribution in [3.05, 3.63) is 18.3 Å². The third kappa shape index (κ3) is 3.82. The molecule has 1 fully saturated rings. The van der Waals surface area contributed by atoms with Gasteiger partial charge in [-0.1, -0.05) is 3.89 Å². The highest BCUT2D eigenvalue weighted by Gasteiger charge is 2.32. The van der Waals surface area contributed by atoms with Crippen molar-refractivity contribution in [3.63, 3.8) is 0 Å². The Morgan fingerprint density at radius 2 is 2.37 bits per heavy atom. The molecule has 0 saturated carbocycles. The first-order chi connectivity index (χ1) is 8.99. The van der Waals surface area contributed by atoms with Crippen LogP contribution in [0.15, 0.2) is 18.3 Å². The number of aliphatic hydroxyl groups excluding tert-OH is 1. The monoisotopic (exact) mass is 290 g/mol. The number of hydrogen-bond donors (Lipinski definition) is 2. The molecule has 0 bridgehead atoms. The highest BCUT2D eigenvalue weighted by atomic mass is 32.3. The van der Waals surface area contributed by atoms with Crippen LogP contribution in [0.25, 0.3) is 0 Å². The van der Waals surface area contributed by atoms with Gasteiger partial charge in [0.15, 0.2) is 5.82 Å². The predicted octanol–water partition coefficient (Wildman–Crippen LogP) is -0.532. The first-order valence-electron chi connectivity index (χ1n) is 5.85. The Hall–Kier alpha value is -1.32. The topological polar surface area (TPSA) is 95.4 Å². The molecule has 0 aliphatic carbocycles. The number of piperidine rings is 1. The van der Waals surface area contributed by atoms with E-state index in [0.29, 0.717) is 25.3 Å². The van der Waals surface area contributed by atoms with Gasteiger partial charge in [-0.25, -0.2) is 0 Å². The fraction of sp³-hybridized carbons (Fsp3) is 0.600. The number of hydrogen-bond acceptors (Lipinski definition) is 6. The van der Waals surface area contributed by atoms with Gasteiger partial charge in [0, 0.05) is 37.9 Å². The van der Waals surface area contributed by atoms with Crippen molar-refractivity contribution in [2.75, 3.05) is 24.6 Å². The largest absolute Gasteiger partial charge is 0.396 e. The zero-order chi connectivity index (χ0) is 13.9. The van der Waals surface area contributed by atoms with Gasteiger partial charge >= 0.3 is 10.4 Å². The summed E-state index contributed by atoms with van der Waals surface area (Å²) in [7, 11) is -4.76. The van der Waals surface area contributed by atoms with Gasteiger partial charge in [-0.2, -0.15) is 18.2 Å². The van der Waals surface area contributed by atoms with E-state index < -0.39 is 16.5 Å². The number of rotatable bonds is 4. The lowest BCUT2D eigenvalue weighted by Gasteiger charge is -2.37. The lowest BCUT2D eigenvalue weighted by Crippen LogP contribution is -2.51. The molecular weight excluding hydrogens is 275 g/mol. The molecule has 2 rings (SSSR count). The second kappa shape index (κ2) is 5.76. The normalized spacial score (nSPS) is 24.4. The molecule has 0 amide bonds. The summed E-state index contributed by atoms with van der Waals surface area (Å²) >= 11 is 0. The van der Waals surface area contributed by atoms with E-state index in [1.165, 1.54) is 0 Å². The maximum absolute atomic E-state index is 12.6. The van der Waals surface area contributed by atoms with Crippen LogP contribution >= 0.6 is 0 Å². The molecule has 19 heavy (non-hydrogen) atoms. The second-order valence-corrected chi connectivity index (χ2v) is 5.53. The molecule has 1 aliphatic heterocycles. The average Bonchev–Trinajstić information content (AvgIpc) is 2.38. The summed E-state index contributed by atoms with van der Waals surface area (Å²) in [5.74, 6) is 0.267. The van der Waals surface area contributed by atoms with Gasteiger partial charge in [0.25, 0.3) is 0 Å². The number of aliphatic hydroxyl groups is 1. The molecule has 0 aromatic carbocycles. The van der Waals surface area contributed by atoms with Crippen LogP contribution in [-0.2, 0) is 10.4 Å². The Bertz CT molecular complexity index is 513. The number of nitrogens with one attached hydrogen (secondary N) is 1. The van der Waals surface area contributed by atoms with E-state index in [4.69, 9.17) is 0 Å². The van der Waals surface area contributed by atoms with Crippen molar-refractivity contribution in [2.45, 2.75) is 12.5 Å². The molecule has 1 aliphatic rings. The zero-order valence-corrected chi connectivity index (χ0v) is 10.9. The van der Waals surface area contributed by atoms with E-state index in [2.05, 4.69) is 10.2 Å². The number of nitrogens with zero attached hydrogens (tertiary/aromatic N) is 3. The maximum atomic E-state index is 12.6. The van der Waals surface area contributed by atoms with Crippen molar-refractivity contribution in [2.24, 2.45) is 5.92 Å². The van der Waals surface area contributed by atoms with E-state index in [1.807, 2.05) is 9.62 Å². The summed E-state index contributed by atoms with van der Waals surface area (Å²) < 4.78 is 35.8. The number of aromatic nitrogens is 2. The molecule has 2 unspecified atom stereocenters. The van der Waals surface area contributed by atoms with Gasteiger partial charge in [-0.05, 0) is 18.6 Å². The van der Waals surface area contributed by atoms with Crippen molar-refractivity contribution < 1.29 is 17.4 Å². The van der Waals surface area contributed by atoms with E-state index in [-0.39, 0.29) is 12.5 Å². The molecule has 2 N–H and O–H groups in total. The van der Waals surface area contributed by atoms with Gasteiger partial charge in [-0.15, -0.1) is 5.10 Å². The van der Waals surface area contributed by atoms with Crippen LogP contribution in [0.2, 0.25) is 0 Å². The van der Waals surface area contributed by atoms with Crippen LogP contribution in [0.5, 0.6) is 0 Å². The minimum Gasteiger partial charge on any atom is -0.396 e. The van der Waals surface area contributed by atoms with Crippen molar-refractivity contribution in [1.29, 1.82) is 0 Å². The van der Waals surface area contributed by atoms with E-state index in [9.17, 15) is 17.4 Å². The Labute approximate surface area is 110 Å². The van der Waals surface area contributed by atoms with Gasteiger partial charge in [0.1, 0.15) is 0 Å². The van der Waals surface area contributed by atoms with Crippen LogP contribution in [0.4, 0.5) is 9.70 Å². The fourth-order valence-corrected chi connectivity index (χ4v) is 2.90. The van der Waals surface area contributed by atoms with Crippen molar-refractivity contribution >= 4 is 16.2 Å². The Kier molecular flexibility index (Phi) is 4.27. The smallest absolute Gasteiger partial charge is 0.372 e. The minimum absolute atomic E-state index is 0.232. The van der Waals surface area contributed by atoms with E-state index in [1.54, 1.807) is 18.3 Å². The quantitative estimate of drug-likeness (QED) is 0.724. The molecular formula is C10H15FN4O3S. The van der Waals surface area contributed by atoms with Crippen molar-refractivity contribution in [1.82, 2.24) is 14.9 Å². The predicted molar refractivity (Wildman–Crippen MR) is 66.4 cm³/mol. The first-order valence-corrected chi connectivity index (χ1v) is 7.23. The Morgan fingerprint density at radius 3 is 2.95 bits per heavy atom. The summed E-state index contributed by atoms with van der Waals surface area (Å²) in [6.07, 6.45) is 1.95. The molecule has 1 aromatic rings. The molecule has 2 atom stereocenters. The SMILES string of the molecule is O=S(=O)(F)NC1CCN(c2cccnn2)CC1CO. The van der Waals surface area contributed by atoms with Crippen LogP contribution in [0.1, 0.15) is 6.42 Å². The second-order valence-electron chi connectivity index (χ2n) is 4.42. The highest BCUT2D eigenvalue weighted by Crippen LogP contribution is 2.21. The maximum Gasteiger partial charge on any atom is 0.372 e. The summed E-state index contributed by atoms with van der Waals surface area (Å²) in [4.78, 5) is 1.89. The average molecular weight is 290 g/mol. The standard InChI is InChI=1S/C10H15FN4O3S/c11-19(17,18)14-9-3-5-15(6-8(9)7-16)10-2-1-4-12-13-10/h1-2,4,8-9,14,16H,3,5-7H2. The Morgan fingerprint density at radius 1 is 1.58 bits per heavy atom. The molecule has 106 valence electrons. The van der Waals surface area contributed by atoms with Crippen LogP contribution in [-0.4, -0.2) is 49.5 Å². The van der Waals surface area contributed by atoms with Gasteiger partial charge in [0.2, 0.25) is 0 Å². The summed E-state index contributed by atoms with van der Waals surface area (Å²) in [6, 6.07) is 2.92. The van der Waals surface area contributed by atoms with Gasteiger partial charge in [-0.3, -0.25) is 0 Å². The third-order valence-corrected chi connectivity index (χ3v) is 3.73. The molecule has 0 spiro atoms. The molecule has 1 saturated heterocycles. The fourth-order valence-electron chi connectivity index (χ4n) is 2.22. The first kappa shape index (κ1) is 14.1. The molecule has 7 nitrogen and oxygen atoms in total. The van der Waals surface area contributed by atoms with Crippen LogP contribution < -0.4 is 9.62 Å². The molecule has 1 aromatic heterocycles. The third-order valence-electron chi connectivity index (χ3n) is 3.14. The van der Waals surface area contributed by atoms with Crippen molar-refractivity contribution in [3.8, 4) is 0 Å². The molecule has 0 radical (unpaired) electrons. The molecule has 9 heteroatoms. The van der Waals surface area contributed by atoms with E-state index in [0.717, 1.165) is 0 Å². The van der Waals surface area contributed by atoms with Gasteiger partial charge < -0.3 is 10.0 Å². The van der Waals surface area contributed by atoms with Crippen LogP contribution in [0.3, 0.4) is 0 Å².